The van der Waals surface area contributed by atoms with E-state index in [9.17, 15) is 0 Å². The van der Waals surface area contributed by atoms with Crippen molar-refractivity contribution >= 4 is 21.7 Å². The molecule has 0 bridgehead atoms. The minimum Gasteiger partial charge on any atom is -0.369 e. The third-order valence-electron chi connectivity index (χ3n) is 1.80. The number of nitrogens with two attached hydrogens (primary N) is 1. The lowest BCUT2D eigenvalue weighted by atomic mass is 10.2. The van der Waals surface area contributed by atoms with Gasteiger partial charge in [-0.05, 0) is 35.7 Å². The Balaban J connectivity index is 2.28. The maximum Gasteiger partial charge on any atom is 0.143 e. The van der Waals surface area contributed by atoms with Gasteiger partial charge in [-0.1, -0.05) is 0 Å². The Bertz CT molecular complexity index is 277. The van der Waals surface area contributed by atoms with Gasteiger partial charge >= 0.3 is 0 Å². The van der Waals surface area contributed by atoms with E-state index in [1.165, 1.54) is 6.33 Å². The highest BCUT2D eigenvalue weighted by atomic mass is 79.9. The van der Waals surface area contributed by atoms with Gasteiger partial charge in [0.1, 0.15) is 12.1 Å². The summed E-state index contributed by atoms with van der Waals surface area (Å²) < 4.78 is 0.890. The summed E-state index contributed by atoms with van der Waals surface area (Å²) in [6.45, 7) is 2.90. The van der Waals surface area contributed by atoms with E-state index in [0.29, 0.717) is 0 Å². The lowest BCUT2D eigenvalue weighted by Crippen LogP contribution is -2.16. The first kappa shape index (κ1) is 11.4. The van der Waals surface area contributed by atoms with Gasteiger partial charge in [0, 0.05) is 18.8 Å². The molecule has 0 spiro atoms. The van der Waals surface area contributed by atoms with Crippen LogP contribution >= 0.6 is 15.9 Å². The molecular formula is C9H15BrN4. The molecule has 0 amide bonds. The molecule has 0 radical (unpaired) electrons. The van der Waals surface area contributed by atoms with Crippen LogP contribution in [0.15, 0.2) is 17.0 Å². The molecule has 1 unspecified atom stereocenters. The molecule has 14 heavy (non-hydrogen) atoms. The van der Waals surface area contributed by atoms with Crippen LogP contribution in [0.5, 0.6) is 0 Å². The second kappa shape index (κ2) is 5.93. The fourth-order valence-corrected chi connectivity index (χ4v) is 1.43. The standard InChI is InChI=1S/C9H15BrN4/c1-7(11)3-2-4-13-9-8(10)5-12-6-14-9/h5-7H,2-4,11H2,1H3,(H,12,13,14). The Labute approximate surface area is 92.5 Å². The molecule has 1 heterocycles. The molecule has 1 aromatic heterocycles. The van der Waals surface area contributed by atoms with Gasteiger partial charge in [-0.15, -0.1) is 0 Å². The highest BCUT2D eigenvalue weighted by Gasteiger charge is 1.99. The van der Waals surface area contributed by atoms with Crippen LogP contribution in [0.3, 0.4) is 0 Å². The lowest BCUT2D eigenvalue weighted by Gasteiger charge is -2.07. The highest BCUT2D eigenvalue weighted by Crippen LogP contribution is 2.16. The van der Waals surface area contributed by atoms with Crippen molar-refractivity contribution in [2.75, 3.05) is 11.9 Å². The lowest BCUT2D eigenvalue weighted by molar-refractivity contribution is 0.638. The second-order valence-corrected chi connectivity index (χ2v) is 4.12. The minimum absolute atomic E-state index is 0.269. The number of nitrogens with one attached hydrogen (secondary N) is 1. The number of nitrogens with zero attached hydrogens (tertiary/aromatic N) is 2. The SMILES string of the molecule is CC(N)CCCNc1ncncc1Br. The zero-order valence-corrected chi connectivity index (χ0v) is 9.79. The van der Waals surface area contributed by atoms with Gasteiger partial charge in [-0.25, -0.2) is 9.97 Å². The largest absolute Gasteiger partial charge is 0.369 e. The van der Waals surface area contributed by atoms with E-state index in [2.05, 4.69) is 31.2 Å². The highest BCUT2D eigenvalue weighted by molar-refractivity contribution is 9.10. The van der Waals surface area contributed by atoms with E-state index >= 15 is 0 Å². The Morgan fingerprint density at radius 3 is 3.07 bits per heavy atom. The van der Waals surface area contributed by atoms with Gasteiger partial charge in [-0.3, -0.25) is 0 Å². The van der Waals surface area contributed by atoms with Crippen LogP contribution in [0.1, 0.15) is 19.8 Å². The van der Waals surface area contributed by atoms with Crippen molar-refractivity contribution in [2.45, 2.75) is 25.8 Å². The molecule has 0 aliphatic heterocycles. The Hall–Kier alpha value is -0.680. The molecule has 1 aromatic rings. The van der Waals surface area contributed by atoms with E-state index in [4.69, 9.17) is 5.73 Å². The number of hydrogen-bond acceptors (Lipinski definition) is 4. The topological polar surface area (TPSA) is 63.8 Å². The Morgan fingerprint density at radius 1 is 1.64 bits per heavy atom. The van der Waals surface area contributed by atoms with Crippen molar-refractivity contribution in [2.24, 2.45) is 5.73 Å². The molecule has 1 rings (SSSR count). The maximum atomic E-state index is 5.64. The third kappa shape index (κ3) is 4.02. The zero-order chi connectivity index (χ0) is 10.4. The summed E-state index contributed by atoms with van der Waals surface area (Å²) in [6, 6.07) is 0.269. The summed E-state index contributed by atoms with van der Waals surface area (Å²) in [5.74, 6) is 0.838. The molecular weight excluding hydrogens is 244 g/mol. The Kier molecular flexibility index (Phi) is 4.82. The quantitative estimate of drug-likeness (QED) is 0.791. The van der Waals surface area contributed by atoms with E-state index in [-0.39, 0.29) is 6.04 Å². The molecule has 0 aliphatic rings. The maximum absolute atomic E-state index is 5.64. The first-order valence-corrected chi connectivity index (χ1v) is 5.44. The number of rotatable bonds is 5. The predicted molar refractivity (Wildman–Crippen MR) is 61.1 cm³/mol. The van der Waals surface area contributed by atoms with Crippen LogP contribution in [-0.2, 0) is 0 Å². The van der Waals surface area contributed by atoms with Crippen LogP contribution in [0.4, 0.5) is 5.82 Å². The van der Waals surface area contributed by atoms with E-state index in [1.54, 1.807) is 6.20 Å². The molecule has 78 valence electrons. The predicted octanol–water partition coefficient (Wildman–Crippen LogP) is 1.78. The van der Waals surface area contributed by atoms with Gasteiger partial charge in [0.2, 0.25) is 0 Å². The summed E-state index contributed by atoms with van der Waals surface area (Å²) in [6.07, 6.45) is 5.32. The third-order valence-corrected chi connectivity index (χ3v) is 2.38. The van der Waals surface area contributed by atoms with Crippen molar-refractivity contribution in [1.29, 1.82) is 0 Å². The van der Waals surface area contributed by atoms with Gasteiger partial charge in [0.05, 0.1) is 4.47 Å². The van der Waals surface area contributed by atoms with E-state index < -0.39 is 0 Å². The number of aromatic nitrogens is 2. The molecule has 0 aliphatic carbocycles. The van der Waals surface area contributed by atoms with Crippen LogP contribution in [0.2, 0.25) is 0 Å². The average Bonchev–Trinajstić information content (AvgIpc) is 2.15. The van der Waals surface area contributed by atoms with E-state index in [1.807, 2.05) is 6.92 Å². The van der Waals surface area contributed by atoms with Crippen LogP contribution in [-0.4, -0.2) is 22.6 Å². The fraction of sp³-hybridized carbons (Fsp3) is 0.556. The van der Waals surface area contributed by atoms with Crippen molar-refractivity contribution in [3.05, 3.63) is 17.0 Å². The molecule has 5 heteroatoms. The molecule has 1 atom stereocenters. The molecule has 0 aromatic carbocycles. The number of hydrogen-bond donors (Lipinski definition) is 2. The van der Waals surface area contributed by atoms with E-state index in [0.717, 1.165) is 29.7 Å². The van der Waals surface area contributed by atoms with Gasteiger partial charge in [-0.2, -0.15) is 0 Å². The van der Waals surface area contributed by atoms with Gasteiger partial charge < -0.3 is 11.1 Å². The van der Waals surface area contributed by atoms with Crippen molar-refractivity contribution in [1.82, 2.24) is 9.97 Å². The summed E-state index contributed by atoms with van der Waals surface area (Å²) in [4.78, 5) is 7.98. The molecule has 0 fully saturated rings. The normalized spacial score (nSPS) is 12.5. The van der Waals surface area contributed by atoms with Crippen molar-refractivity contribution in [3.8, 4) is 0 Å². The van der Waals surface area contributed by atoms with Crippen LogP contribution in [0.25, 0.3) is 0 Å². The summed E-state index contributed by atoms with van der Waals surface area (Å²) >= 11 is 3.37. The molecule has 4 nitrogen and oxygen atoms in total. The number of anilines is 1. The fourth-order valence-electron chi connectivity index (χ4n) is 1.07. The average molecular weight is 259 g/mol. The Morgan fingerprint density at radius 2 is 2.43 bits per heavy atom. The van der Waals surface area contributed by atoms with Crippen molar-refractivity contribution in [3.63, 3.8) is 0 Å². The summed E-state index contributed by atoms with van der Waals surface area (Å²) in [7, 11) is 0. The van der Waals surface area contributed by atoms with Gasteiger partial charge in [0.15, 0.2) is 0 Å². The minimum atomic E-state index is 0.269. The molecule has 3 N–H and O–H groups in total. The molecule has 0 saturated heterocycles. The zero-order valence-electron chi connectivity index (χ0n) is 8.20. The molecule has 0 saturated carbocycles. The second-order valence-electron chi connectivity index (χ2n) is 3.27. The van der Waals surface area contributed by atoms with Crippen LogP contribution < -0.4 is 11.1 Å². The summed E-state index contributed by atoms with van der Waals surface area (Å²) in [5, 5.41) is 3.21. The van der Waals surface area contributed by atoms with Gasteiger partial charge in [0.25, 0.3) is 0 Å². The monoisotopic (exact) mass is 258 g/mol. The smallest absolute Gasteiger partial charge is 0.143 e. The first-order chi connectivity index (χ1) is 6.70. The summed E-state index contributed by atoms with van der Waals surface area (Å²) in [5.41, 5.74) is 5.64. The first-order valence-electron chi connectivity index (χ1n) is 4.65. The van der Waals surface area contributed by atoms with Crippen LogP contribution in [0, 0.1) is 0 Å². The number of halogens is 1. The van der Waals surface area contributed by atoms with Crippen molar-refractivity contribution < 1.29 is 0 Å².